The van der Waals surface area contributed by atoms with Gasteiger partial charge in [0.05, 0.1) is 24.1 Å². The second-order valence-corrected chi connectivity index (χ2v) is 18.8. The summed E-state index contributed by atoms with van der Waals surface area (Å²) < 4.78 is 52.4. The molecule has 2 aromatic heterocycles. The molecular formula is C40H53N6O10P. The van der Waals surface area contributed by atoms with Crippen molar-refractivity contribution < 1.29 is 46.9 Å². The molecule has 3 heterocycles. The number of fused-ring (bicyclic) bond motifs is 1. The number of hydrogen-bond acceptors (Lipinski definition) is 14. The summed E-state index contributed by atoms with van der Waals surface area (Å²) in [5, 5.41) is 18.0. The highest BCUT2D eigenvalue weighted by Gasteiger charge is 2.63. The number of rotatable bonds is 14. The van der Waals surface area contributed by atoms with Gasteiger partial charge in [-0.05, 0) is 73.3 Å². The maximum atomic E-state index is 14.8. The van der Waals surface area contributed by atoms with Crippen LogP contribution in [0.5, 0.6) is 5.75 Å². The van der Waals surface area contributed by atoms with E-state index in [1.165, 1.54) is 30.3 Å². The third-order valence-corrected chi connectivity index (χ3v) is 12.6. The maximum absolute atomic E-state index is 14.8. The number of aromatic nitrogens is 3. The van der Waals surface area contributed by atoms with Crippen molar-refractivity contribution in [2.75, 3.05) is 12.3 Å². The average molecular weight is 809 g/mol. The normalized spacial score (nSPS) is 24.6. The summed E-state index contributed by atoms with van der Waals surface area (Å²) in [4.78, 5) is 43.9. The Morgan fingerprint density at radius 3 is 2.23 bits per heavy atom. The Labute approximate surface area is 332 Å². The lowest BCUT2D eigenvalue weighted by atomic mass is 9.55. The van der Waals surface area contributed by atoms with Gasteiger partial charge in [-0.25, -0.2) is 14.1 Å². The van der Waals surface area contributed by atoms with Crippen LogP contribution in [0.25, 0.3) is 5.52 Å². The summed E-state index contributed by atoms with van der Waals surface area (Å²) in [7, 11) is -4.52. The number of esters is 3. The number of carbonyl (C=O) groups excluding carboxylic acids is 3. The Kier molecular flexibility index (Phi) is 11.8. The van der Waals surface area contributed by atoms with Crippen LogP contribution in [-0.2, 0) is 53.4 Å². The molecule has 3 aliphatic rings. The molecule has 1 unspecified atom stereocenters. The number of nitriles is 1. The lowest BCUT2D eigenvalue weighted by molar-refractivity contribution is -0.173. The zero-order valence-corrected chi connectivity index (χ0v) is 34.6. The molecule has 0 bridgehead atoms. The largest absolute Gasteiger partial charge is 0.461 e. The van der Waals surface area contributed by atoms with E-state index in [9.17, 15) is 24.2 Å². The Morgan fingerprint density at radius 2 is 1.65 bits per heavy atom. The van der Waals surface area contributed by atoms with Gasteiger partial charge in [-0.15, -0.1) is 0 Å². The Hall–Kier alpha value is -4.55. The van der Waals surface area contributed by atoms with Crippen LogP contribution in [0.1, 0.15) is 98.8 Å². The van der Waals surface area contributed by atoms with E-state index in [0.717, 1.165) is 31.2 Å². The van der Waals surface area contributed by atoms with Crippen LogP contribution in [0, 0.1) is 28.6 Å². The summed E-state index contributed by atoms with van der Waals surface area (Å²) in [6.07, 6.45) is 1.56. The average Bonchev–Trinajstić information content (AvgIpc) is 3.68. The first-order valence-corrected chi connectivity index (χ1v) is 20.9. The fourth-order valence-electron chi connectivity index (χ4n) is 7.38. The van der Waals surface area contributed by atoms with Gasteiger partial charge in [0.1, 0.15) is 41.9 Å². The number of benzene rings is 1. The number of hydrogen-bond donors (Lipinski definition) is 2. The van der Waals surface area contributed by atoms with Crippen molar-refractivity contribution in [3.05, 3.63) is 54.0 Å². The minimum Gasteiger partial charge on any atom is -0.461 e. The number of ether oxygens (including phenoxy) is 4. The Bertz CT molecular complexity index is 2060. The first kappa shape index (κ1) is 42.1. The highest BCUT2D eigenvalue weighted by molar-refractivity contribution is 7.52. The highest BCUT2D eigenvalue weighted by Crippen LogP contribution is 2.57. The molecule has 0 radical (unpaired) electrons. The van der Waals surface area contributed by atoms with Gasteiger partial charge in [0, 0.05) is 0 Å². The van der Waals surface area contributed by atoms with E-state index in [0.29, 0.717) is 5.52 Å². The monoisotopic (exact) mass is 808 g/mol. The van der Waals surface area contributed by atoms with Crippen molar-refractivity contribution in [2.45, 2.75) is 129 Å². The van der Waals surface area contributed by atoms with Gasteiger partial charge in [-0.1, -0.05) is 67.0 Å². The maximum Gasteiger partial charge on any atom is 0.459 e. The zero-order chi connectivity index (χ0) is 41.5. The topological polar surface area (TPSA) is 216 Å². The fourth-order valence-corrected chi connectivity index (χ4v) is 8.88. The molecular weight excluding hydrogens is 755 g/mol. The molecule has 1 spiro atoms. The standard InChI is InChI=1S/C40H53N6O10P/c1-23(2)35(47)53-32-30(55-40(21-41,33(32)54-36(48)24(3)4)31-15-14-29-34(42)43-22-44-46(29)31)20-51-57(50,56-27-12-10-26(11-13-27)38(6,7)8)45-25(5)37(49)52-28-18-39(19-28)16-9-17-39/h10-15,22-25,28,30,32-33H,9,16-20H2,1-8H3,(H,45,50)(H2,42,43,44)/t25-,30+,32+,33+,40-,57?/m0/s1. The molecule has 2 aliphatic carbocycles. The van der Waals surface area contributed by atoms with E-state index in [1.54, 1.807) is 45.9 Å². The van der Waals surface area contributed by atoms with Crippen molar-refractivity contribution in [3.8, 4) is 11.8 Å². The molecule has 1 saturated heterocycles. The van der Waals surface area contributed by atoms with Crippen molar-refractivity contribution in [2.24, 2.45) is 17.3 Å². The molecule has 1 aliphatic heterocycles. The van der Waals surface area contributed by atoms with E-state index >= 15 is 0 Å². The number of nitrogens with zero attached hydrogens (tertiary/aromatic N) is 4. The second kappa shape index (κ2) is 16.0. The van der Waals surface area contributed by atoms with Gasteiger partial charge in [-0.2, -0.15) is 15.4 Å². The number of nitrogen functional groups attached to an aromatic ring is 1. The van der Waals surface area contributed by atoms with Gasteiger partial charge < -0.3 is 29.2 Å². The molecule has 308 valence electrons. The molecule has 3 N–H and O–H groups in total. The zero-order valence-electron chi connectivity index (χ0n) is 33.7. The SMILES string of the molecule is CC(C)C(=O)O[C@H]1[C@@H](OC(=O)C(C)C)[C@](C#N)(c2ccc3c(N)ncnn23)O[C@@H]1COP(=O)(N[C@@H](C)C(=O)OC1CC2(CCC2)C1)Oc1ccc(C(C)(C)C)cc1. The van der Waals surface area contributed by atoms with Crippen LogP contribution >= 0.6 is 7.75 Å². The predicted octanol–water partition coefficient (Wildman–Crippen LogP) is 5.92. The van der Waals surface area contributed by atoms with E-state index < -0.39 is 74.1 Å². The van der Waals surface area contributed by atoms with Crippen LogP contribution in [0.4, 0.5) is 5.82 Å². The summed E-state index contributed by atoms with van der Waals surface area (Å²) in [6, 6.07) is 11.0. The number of nitrogens with one attached hydrogen (secondary N) is 1. The van der Waals surface area contributed by atoms with Crippen LogP contribution < -0.4 is 15.3 Å². The summed E-state index contributed by atoms with van der Waals surface area (Å²) in [6.45, 7) is 13.5. The first-order chi connectivity index (χ1) is 26.8. The molecule has 6 rings (SSSR count). The minimum absolute atomic E-state index is 0.0938. The first-order valence-electron chi connectivity index (χ1n) is 19.4. The lowest BCUT2D eigenvalue weighted by Crippen LogP contribution is -2.49. The van der Waals surface area contributed by atoms with Gasteiger partial charge in [0.15, 0.2) is 18.0 Å². The molecule has 3 fully saturated rings. The summed E-state index contributed by atoms with van der Waals surface area (Å²) >= 11 is 0. The molecule has 57 heavy (non-hydrogen) atoms. The van der Waals surface area contributed by atoms with Gasteiger partial charge in [0.25, 0.3) is 0 Å². The second-order valence-electron chi connectivity index (χ2n) is 17.1. The third-order valence-electron chi connectivity index (χ3n) is 10.9. The number of nitrogens with two attached hydrogens (primary N) is 1. The van der Waals surface area contributed by atoms with E-state index in [1.807, 2.05) is 12.1 Å². The summed E-state index contributed by atoms with van der Waals surface area (Å²) in [5.74, 6) is -3.03. The third kappa shape index (κ3) is 8.67. The molecule has 17 heteroatoms. The number of anilines is 1. The van der Waals surface area contributed by atoms with Crippen LogP contribution in [0.3, 0.4) is 0 Å². The van der Waals surface area contributed by atoms with Crippen LogP contribution in [-0.4, -0.2) is 69.6 Å². The van der Waals surface area contributed by atoms with Gasteiger partial charge in [-0.3, -0.25) is 18.9 Å². The fraction of sp³-hybridized carbons (Fsp3) is 0.600. The lowest BCUT2D eigenvalue weighted by Gasteiger charge is -2.53. The van der Waals surface area contributed by atoms with Crippen molar-refractivity contribution in [1.29, 1.82) is 5.26 Å². The van der Waals surface area contributed by atoms with E-state index in [4.69, 9.17) is 33.7 Å². The predicted molar refractivity (Wildman–Crippen MR) is 206 cm³/mol. The number of carbonyl (C=O) groups is 3. The van der Waals surface area contributed by atoms with E-state index in [-0.39, 0.29) is 34.2 Å². The molecule has 0 amide bonds. The molecule has 16 nitrogen and oxygen atoms in total. The molecule has 6 atom stereocenters. The Morgan fingerprint density at radius 1 is 1.00 bits per heavy atom. The quantitative estimate of drug-likeness (QED) is 0.110. The van der Waals surface area contributed by atoms with E-state index in [2.05, 4.69) is 42.0 Å². The molecule has 1 aromatic carbocycles. The highest BCUT2D eigenvalue weighted by atomic mass is 31.2. The summed E-state index contributed by atoms with van der Waals surface area (Å²) in [5.41, 5.74) is 5.47. The van der Waals surface area contributed by atoms with Crippen molar-refractivity contribution in [1.82, 2.24) is 19.7 Å². The van der Waals surface area contributed by atoms with Gasteiger partial charge in [0.2, 0.25) is 5.60 Å². The van der Waals surface area contributed by atoms with Crippen LogP contribution in [0.2, 0.25) is 0 Å². The minimum atomic E-state index is -4.52. The molecule has 2 saturated carbocycles. The van der Waals surface area contributed by atoms with Crippen molar-refractivity contribution in [3.63, 3.8) is 0 Å². The smallest absolute Gasteiger partial charge is 0.459 e. The molecule has 3 aromatic rings. The van der Waals surface area contributed by atoms with Crippen LogP contribution in [0.15, 0.2) is 42.7 Å². The Balaban J connectivity index is 1.33. The van der Waals surface area contributed by atoms with Crippen molar-refractivity contribution >= 4 is 37.0 Å². The van der Waals surface area contributed by atoms with Gasteiger partial charge >= 0.3 is 25.7 Å².